The van der Waals surface area contributed by atoms with Gasteiger partial charge in [-0.05, 0) is 24.7 Å². The van der Waals surface area contributed by atoms with Crippen LogP contribution in [0, 0.1) is 10.1 Å². The van der Waals surface area contributed by atoms with E-state index in [0.29, 0.717) is 12.1 Å². The van der Waals surface area contributed by atoms with Gasteiger partial charge in [-0.25, -0.2) is 0 Å². The largest absolute Gasteiger partial charge is 0.463 e. The van der Waals surface area contributed by atoms with Gasteiger partial charge in [0.2, 0.25) is 0 Å². The van der Waals surface area contributed by atoms with E-state index in [1.807, 2.05) is 7.05 Å². The van der Waals surface area contributed by atoms with Gasteiger partial charge in [0.1, 0.15) is 12.7 Å². The van der Waals surface area contributed by atoms with E-state index in [9.17, 15) is 24.8 Å². The second-order valence-electron chi connectivity index (χ2n) is 7.29. The third-order valence-electron chi connectivity index (χ3n) is 5.00. The summed E-state index contributed by atoms with van der Waals surface area (Å²) in [5.41, 5.74) is 0.151. The minimum absolute atomic E-state index is 0. The third-order valence-corrected chi connectivity index (χ3v) is 5.40. The SMILES string of the molecule is CN1CCN(CCC(=O)OCC(NC(=O)C(Cl)Cl)C(O)c2ccc([N+](=O)[O-])cc2)CC1.Cl.Cl. The Kier molecular flexibility index (Phi) is 14.8. The van der Waals surface area contributed by atoms with Crippen LogP contribution in [0.5, 0.6) is 0 Å². The number of carbonyl (C=O) groups is 2. The van der Waals surface area contributed by atoms with Gasteiger partial charge in [0, 0.05) is 44.9 Å². The lowest BCUT2D eigenvalue weighted by atomic mass is 10.0. The Morgan fingerprint density at radius 2 is 1.76 bits per heavy atom. The first-order valence-corrected chi connectivity index (χ1v) is 10.6. The standard InChI is InChI=1S/C19H26Cl2N4O6.2ClH/c1-23-8-10-24(11-9-23)7-6-16(26)31-12-15(22-19(28)18(20)21)17(27)13-2-4-14(5-3-13)25(29)30;;/h2-5,15,17-18,27H,6-12H2,1H3,(H,22,28);2*1H. The maximum atomic E-state index is 12.2. The van der Waals surface area contributed by atoms with Crippen molar-refractivity contribution in [2.24, 2.45) is 0 Å². The molecule has 188 valence electrons. The van der Waals surface area contributed by atoms with Gasteiger partial charge in [-0.2, -0.15) is 0 Å². The number of aliphatic hydroxyl groups is 1. The molecule has 0 bridgehead atoms. The molecule has 2 rings (SSSR count). The predicted octanol–water partition coefficient (Wildman–Crippen LogP) is 1.94. The quantitative estimate of drug-likeness (QED) is 0.196. The molecule has 1 aromatic rings. The average Bonchev–Trinajstić information content (AvgIpc) is 2.75. The zero-order chi connectivity index (χ0) is 23.0. The lowest BCUT2D eigenvalue weighted by Gasteiger charge is -2.32. The summed E-state index contributed by atoms with van der Waals surface area (Å²) >= 11 is 11.1. The zero-order valence-electron chi connectivity index (χ0n) is 17.9. The van der Waals surface area contributed by atoms with Crippen LogP contribution in [0.1, 0.15) is 18.1 Å². The highest BCUT2D eigenvalue weighted by Gasteiger charge is 2.27. The number of non-ortho nitro benzene ring substituents is 1. The van der Waals surface area contributed by atoms with E-state index < -0.39 is 33.8 Å². The molecular formula is C19H28Cl4N4O6. The summed E-state index contributed by atoms with van der Waals surface area (Å²) in [7, 11) is 2.04. The van der Waals surface area contributed by atoms with Crippen molar-refractivity contribution < 1.29 is 24.4 Å². The molecule has 0 saturated carbocycles. The van der Waals surface area contributed by atoms with Gasteiger partial charge in [0.05, 0.1) is 17.4 Å². The number of nitrogens with zero attached hydrogens (tertiary/aromatic N) is 3. The molecule has 2 N–H and O–H groups in total. The highest BCUT2D eigenvalue weighted by Crippen LogP contribution is 2.21. The number of benzene rings is 1. The monoisotopic (exact) mass is 548 g/mol. The number of carbonyl (C=O) groups excluding carboxylic acids is 2. The molecular weight excluding hydrogens is 522 g/mol. The van der Waals surface area contributed by atoms with Crippen molar-refractivity contribution in [1.29, 1.82) is 0 Å². The number of aliphatic hydroxyl groups excluding tert-OH is 1. The van der Waals surface area contributed by atoms with Crippen LogP contribution in [0.4, 0.5) is 5.69 Å². The topological polar surface area (TPSA) is 125 Å². The number of nitrogens with one attached hydrogen (secondary N) is 1. The molecule has 1 aromatic carbocycles. The van der Waals surface area contributed by atoms with Crippen LogP contribution in [-0.2, 0) is 14.3 Å². The Morgan fingerprint density at radius 3 is 2.27 bits per heavy atom. The van der Waals surface area contributed by atoms with E-state index in [4.69, 9.17) is 27.9 Å². The zero-order valence-corrected chi connectivity index (χ0v) is 21.0. The number of ether oxygens (including phenoxy) is 1. The molecule has 1 amide bonds. The molecule has 10 nitrogen and oxygen atoms in total. The minimum Gasteiger partial charge on any atom is -0.463 e. The number of piperazine rings is 1. The van der Waals surface area contributed by atoms with Crippen molar-refractivity contribution in [3.8, 4) is 0 Å². The summed E-state index contributed by atoms with van der Waals surface area (Å²) in [6.45, 7) is 3.85. The van der Waals surface area contributed by atoms with Gasteiger partial charge >= 0.3 is 5.97 Å². The number of alkyl halides is 2. The minimum atomic E-state index is -1.38. The summed E-state index contributed by atoms with van der Waals surface area (Å²) in [6, 6.07) is 4.13. The molecule has 0 aromatic heterocycles. The molecule has 1 heterocycles. The van der Waals surface area contributed by atoms with Gasteiger partial charge in [0.15, 0.2) is 4.84 Å². The summed E-state index contributed by atoms with van der Waals surface area (Å²) in [5.74, 6) is -1.23. The molecule has 1 aliphatic heterocycles. The van der Waals surface area contributed by atoms with Crippen LogP contribution in [0.15, 0.2) is 24.3 Å². The van der Waals surface area contributed by atoms with Crippen molar-refractivity contribution >= 4 is 65.6 Å². The van der Waals surface area contributed by atoms with Crippen LogP contribution in [0.2, 0.25) is 0 Å². The number of nitro benzene ring substituents is 1. The Hall–Kier alpha value is -1.40. The molecule has 1 fully saturated rings. The fourth-order valence-electron chi connectivity index (χ4n) is 3.06. The summed E-state index contributed by atoms with van der Waals surface area (Å²) in [5, 5.41) is 23.9. The molecule has 0 radical (unpaired) electrons. The summed E-state index contributed by atoms with van der Waals surface area (Å²) in [4.78, 5) is 37.3. The number of hydrogen-bond donors (Lipinski definition) is 2. The Bertz CT molecular complexity index is 763. The highest BCUT2D eigenvalue weighted by atomic mass is 35.5. The number of hydrogen-bond acceptors (Lipinski definition) is 8. The molecule has 33 heavy (non-hydrogen) atoms. The van der Waals surface area contributed by atoms with E-state index in [1.54, 1.807) is 0 Å². The fourth-order valence-corrected chi connectivity index (χ4v) is 3.18. The lowest BCUT2D eigenvalue weighted by molar-refractivity contribution is -0.384. The highest BCUT2D eigenvalue weighted by molar-refractivity contribution is 6.53. The fraction of sp³-hybridized carbons (Fsp3) is 0.579. The van der Waals surface area contributed by atoms with Crippen molar-refractivity contribution in [1.82, 2.24) is 15.1 Å². The van der Waals surface area contributed by atoms with E-state index in [-0.39, 0.29) is 43.5 Å². The van der Waals surface area contributed by atoms with Crippen molar-refractivity contribution in [3.05, 3.63) is 39.9 Å². The van der Waals surface area contributed by atoms with Gasteiger partial charge in [-0.3, -0.25) is 19.7 Å². The number of amides is 1. The van der Waals surface area contributed by atoms with E-state index in [1.165, 1.54) is 24.3 Å². The molecule has 1 saturated heterocycles. The lowest BCUT2D eigenvalue weighted by Crippen LogP contribution is -2.46. The molecule has 2 unspecified atom stereocenters. The first kappa shape index (κ1) is 31.6. The molecule has 0 aliphatic carbocycles. The van der Waals surface area contributed by atoms with Gasteiger partial charge in [-0.15, -0.1) is 24.8 Å². The number of likely N-dealkylation sites (N-methyl/N-ethyl adjacent to an activating group) is 1. The smallest absolute Gasteiger partial charge is 0.307 e. The second kappa shape index (κ2) is 15.5. The average molecular weight is 550 g/mol. The summed E-state index contributed by atoms with van der Waals surface area (Å²) in [6.07, 6.45) is -1.13. The molecule has 2 atom stereocenters. The Labute approximate surface area is 214 Å². The van der Waals surface area contributed by atoms with E-state index in [2.05, 4.69) is 15.1 Å². The first-order chi connectivity index (χ1) is 14.7. The molecule has 1 aliphatic rings. The number of nitro groups is 1. The number of esters is 1. The Balaban J connectivity index is 0.00000512. The third kappa shape index (κ3) is 10.6. The van der Waals surface area contributed by atoms with Gasteiger partial charge in [-0.1, -0.05) is 23.2 Å². The maximum absolute atomic E-state index is 12.2. The molecule has 14 heteroatoms. The van der Waals surface area contributed by atoms with Crippen LogP contribution in [-0.4, -0.2) is 89.0 Å². The van der Waals surface area contributed by atoms with Gasteiger partial charge in [0.25, 0.3) is 11.6 Å². The Morgan fingerprint density at radius 1 is 1.18 bits per heavy atom. The van der Waals surface area contributed by atoms with Crippen LogP contribution >= 0.6 is 48.0 Å². The maximum Gasteiger partial charge on any atom is 0.307 e. The van der Waals surface area contributed by atoms with Crippen molar-refractivity contribution in [2.45, 2.75) is 23.4 Å². The van der Waals surface area contributed by atoms with Crippen molar-refractivity contribution in [3.63, 3.8) is 0 Å². The van der Waals surface area contributed by atoms with Crippen LogP contribution < -0.4 is 5.32 Å². The van der Waals surface area contributed by atoms with Crippen molar-refractivity contribution in [2.75, 3.05) is 46.4 Å². The van der Waals surface area contributed by atoms with E-state index >= 15 is 0 Å². The summed E-state index contributed by atoms with van der Waals surface area (Å²) < 4.78 is 5.26. The van der Waals surface area contributed by atoms with Crippen LogP contribution in [0.3, 0.4) is 0 Å². The second-order valence-corrected chi connectivity index (χ2v) is 8.38. The number of rotatable bonds is 10. The molecule has 0 spiro atoms. The normalized spacial score (nSPS) is 16.2. The van der Waals surface area contributed by atoms with Crippen LogP contribution in [0.25, 0.3) is 0 Å². The first-order valence-electron chi connectivity index (χ1n) is 9.75. The van der Waals surface area contributed by atoms with E-state index in [0.717, 1.165) is 26.2 Å². The van der Waals surface area contributed by atoms with Gasteiger partial charge < -0.3 is 25.0 Å². The predicted molar refractivity (Wildman–Crippen MR) is 129 cm³/mol. The number of halogens is 4.